The van der Waals surface area contributed by atoms with Crippen molar-refractivity contribution in [1.82, 2.24) is 14.9 Å². The van der Waals surface area contributed by atoms with Crippen molar-refractivity contribution in [2.24, 2.45) is 0 Å². The first-order valence-corrected chi connectivity index (χ1v) is 15.4. The van der Waals surface area contributed by atoms with Gasteiger partial charge in [0.15, 0.2) is 0 Å². The average molecular weight is 546 g/mol. The maximum Gasteiger partial charge on any atom is 0.124 e. The number of hydrogen-bond acceptors (Lipinski definition) is 7. The van der Waals surface area contributed by atoms with Gasteiger partial charge in [-0.1, -0.05) is 30.3 Å². The van der Waals surface area contributed by atoms with Crippen LogP contribution in [0.4, 0.5) is 0 Å². The van der Waals surface area contributed by atoms with Gasteiger partial charge >= 0.3 is 0 Å². The highest BCUT2D eigenvalue weighted by molar-refractivity contribution is 7.09. The third kappa shape index (κ3) is 6.11. The first-order valence-electron chi connectivity index (χ1n) is 13.7. The van der Waals surface area contributed by atoms with Crippen molar-refractivity contribution in [3.63, 3.8) is 0 Å². The molecule has 1 atom stereocenters. The standard InChI is InChI=1S/C31H35N3O2S2/c1-21-32-25(19-37-21)17-34(18-26-20-38-22(2)33-26)27-9-11-28(12-10-27)35-29-13-15-31-24(16-29)8-14-30(36-31)23-6-4-3-5-7-23/h3-7,13,15-16,19-20,27-28,30H,8-12,14,17-18H2,1-2H3/t27-,28-,30?. The van der Waals surface area contributed by atoms with Gasteiger partial charge in [-0.05, 0) is 81.7 Å². The Kier molecular flexibility index (Phi) is 7.77. The first kappa shape index (κ1) is 25.5. The van der Waals surface area contributed by atoms with Gasteiger partial charge in [-0.2, -0.15) is 0 Å². The molecule has 1 unspecified atom stereocenters. The predicted octanol–water partition coefficient (Wildman–Crippen LogP) is 7.68. The maximum absolute atomic E-state index is 6.51. The molecule has 1 fully saturated rings. The SMILES string of the molecule is Cc1nc(CN(Cc2csc(C)n2)[C@H]2CC[C@H](Oc3ccc4c(c3)CCC(c3ccccc3)O4)CC2)cs1. The first-order chi connectivity index (χ1) is 18.6. The highest BCUT2D eigenvalue weighted by Crippen LogP contribution is 2.37. The molecule has 0 radical (unpaired) electrons. The number of aryl methyl sites for hydroxylation is 3. The monoisotopic (exact) mass is 545 g/mol. The van der Waals surface area contributed by atoms with Gasteiger partial charge in [0.25, 0.3) is 0 Å². The number of nitrogens with zero attached hydrogens (tertiary/aromatic N) is 3. The highest BCUT2D eigenvalue weighted by Gasteiger charge is 2.29. The largest absolute Gasteiger partial charge is 0.490 e. The Morgan fingerprint density at radius 1 is 0.868 bits per heavy atom. The summed E-state index contributed by atoms with van der Waals surface area (Å²) in [4.78, 5) is 12.1. The molecule has 6 rings (SSSR count). The van der Waals surface area contributed by atoms with Gasteiger partial charge in [-0.15, -0.1) is 22.7 Å². The Hall–Kier alpha value is -2.74. The summed E-state index contributed by atoms with van der Waals surface area (Å²) in [6.07, 6.45) is 6.80. The summed E-state index contributed by atoms with van der Waals surface area (Å²) in [5.41, 5.74) is 4.85. The van der Waals surface area contributed by atoms with Crippen LogP contribution in [0.1, 0.15) is 70.7 Å². The fourth-order valence-electron chi connectivity index (χ4n) is 5.75. The summed E-state index contributed by atoms with van der Waals surface area (Å²) < 4.78 is 12.8. The minimum absolute atomic E-state index is 0.134. The lowest BCUT2D eigenvalue weighted by atomic mass is 9.91. The molecule has 4 aromatic rings. The van der Waals surface area contributed by atoms with Crippen LogP contribution in [0.2, 0.25) is 0 Å². The van der Waals surface area contributed by atoms with E-state index in [1.54, 1.807) is 22.7 Å². The molecular weight excluding hydrogens is 510 g/mol. The molecule has 2 aromatic heterocycles. The summed E-state index contributed by atoms with van der Waals surface area (Å²) in [7, 11) is 0. The summed E-state index contributed by atoms with van der Waals surface area (Å²) in [6.45, 7) is 5.93. The molecule has 198 valence electrons. The maximum atomic E-state index is 6.51. The van der Waals surface area contributed by atoms with Gasteiger partial charge in [0.05, 0.1) is 27.5 Å². The number of benzene rings is 2. The molecule has 3 heterocycles. The van der Waals surface area contributed by atoms with Crippen molar-refractivity contribution in [3.05, 3.63) is 91.8 Å². The lowest BCUT2D eigenvalue weighted by Crippen LogP contribution is -2.39. The zero-order valence-corrected chi connectivity index (χ0v) is 23.8. The molecule has 0 amide bonds. The van der Waals surface area contributed by atoms with E-state index < -0.39 is 0 Å². The minimum atomic E-state index is 0.134. The van der Waals surface area contributed by atoms with Crippen molar-refractivity contribution in [2.45, 2.75) is 83.7 Å². The Morgan fingerprint density at radius 2 is 1.55 bits per heavy atom. The number of aromatic nitrogens is 2. The molecular formula is C31H35N3O2S2. The Morgan fingerprint density at radius 3 is 2.18 bits per heavy atom. The zero-order chi connectivity index (χ0) is 25.9. The number of fused-ring (bicyclic) bond motifs is 1. The molecule has 2 aliphatic rings. The lowest BCUT2D eigenvalue weighted by Gasteiger charge is -2.36. The van der Waals surface area contributed by atoms with Crippen LogP contribution >= 0.6 is 22.7 Å². The molecule has 1 aliphatic heterocycles. The summed E-state index contributed by atoms with van der Waals surface area (Å²) >= 11 is 3.47. The third-order valence-corrected chi connectivity index (χ3v) is 9.32. The molecule has 1 aliphatic carbocycles. The second-order valence-electron chi connectivity index (χ2n) is 10.5. The van der Waals surface area contributed by atoms with Crippen LogP contribution in [-0.2, 0) is 19.5 Å². The van der Waals surface area contributed by atoms with Crippen LogP contribution in [0.3, 0.4) is 0 Å². The quantitative estimate of drug-likeness (QED) is 0.227. The van der Waals surface area contributed by atoms with Crippen LogP contribution in [0, 0.1) is 13.8 Å². The van der Waals surface area contributed by atoms with Gasteiger partial charge in [0, 0.05) is 29.9 Å². The van der Waals surface area contributed by atoms with Crippen molar-refractivity contribution in [3.8, 4) is 11.5 Å². The van der Waals surface area contributed by atoms with Gasteiger partial charge < -0.3 is 9.47 Å². The molecule has 0 N–H and O–H groups in total. The molecule has 1 saturated carbocycles. The second-order valence-corrected chi connectivity index (χ2v) is 12.6. The lowest BCUT2D eigenvalue weighted by molar-refractivity contribution is 0.0779. The normalized spacial score (nSPS) is 21.2. The number of ether oxygens (including phenoxy) is 2. The van der Waals surface area contributed by atoms with Crippen molar-refractivity contribution < 1.29 is 9.47 Å². The summed E-state index contributed by atoms with van der Waals surface area (Å²) in [5, 5.41) is 6.66. The number of thiazole rings is 2. The van der Waals surface area contributed by atoms with Gasteiger partial charge in [-0.3, -0.25) is 4.90 Å². The van der Waals surface area contributed by atoms with E-state index in [9.17, 15) is 0 Å². The Labute approximate surface area is 233 Å². The average Bonchev–Trinajstić information content (AvgIpc) is 3.55. The fraction of sp³-hybridized carbons (Fsp3) is 0.419. The van der Waals surface area contributed by atoms with Crippen LogP contribution < -0.4 is 9.47 Å². The molecule has 0 bridgehead atoms. The van der Waals surface area contributed by atoms with Crippen molar-refractivity contribution in [1.29, 1.82) is 0 Å². The molecule has 38 heavy (non-hydrogen) atoms. The summed E-state index contributed by atoms with van der Waals surface area (Å²) in [5.74, 6) is 1.97. The Bertz CT molecular complexity index is 1300. The van der Waals surface area contributed by atoms with E-state index in [0.717, 1.165) is 73.1 Å². The minimum Gasteiger partial charge on any atom is -0.490 e. The Balaban J connectivity index is 1.06. The van der Waals surface area contributed by atoms with E-state index in [4.69, 9.17) is 19.4 Å². The zero-order valence-electron chi connectivity index (χ0n) is 22.1. The van der Waals surface area contributed by atoms with Crippen LogP contribution in [0.5, 0.6) is 11.5 Å². The van der Waals surface area contributed by atoms with E-state index in [1.165, 1.54) is 22.5 Å². The van der Waals surface area contributed by atoms with Crippen LogP contribution in [0.25, 0.3) is 0 Å². The van der Waals surface area contributed by atoms with E-state index in [-0.39, 0.29) is 12.2 Å². The molecule has 2 aromatic carbocycles. The predicted molar refractivity (Wildman–Crippen MR) is 154 cm³/mol. The summed E-state index contributed by atoms with van der Waals surface area (Å²) in [6, 6.07) is 17.4. The van der Waals surface area contributed by atoms with Crippen molar-refractivity contribution in [2.75, 3.05) is 0 Å². The number of hydrogen-bond donors (Lipinski definition) is 0. The number of rotatable bonds is 8. The van der Waals surface area contributed by atoms with Crippen LogP contribution in [-0.4, -0.2) is 27.0 Å². The molecule has 0 spiro atoms. The molecule has 7 heteroatoms. The van der Waals surface area contributed by atoms with E-state index in [2.05, 4.69) is 78.0 Å². The van der Waals surface area contributed by atoms with Crippen LogP contribution in [0.15, 0.2) is 59.3 Å². The van der Waals surface area contributed by atoms with E-state index in [0.29, 0.717) is 6.04 Å². The van der Waals surface area contributed by atoms with E-state index in [1.807, 2.05) is 0 Å². The molecule has 5 nitrogen and oxygen atoms in total. The van der Waals surface area contributed by atoms with Gasteiger partial charge in [0.2, 0.25) is 0 Å². The molecule has 0 saturated heterocycles. The smallest absolute Gasteiger partial charge is 0.124 e. The van der Waals surface area contributed by atoms with Gasteiger partial charge in [0.1, 0.15) is 17.6 Å². The van der Waals surface area contributed by atoms with E-state index >= 15 is 0 Å². The van der Waals surface area contributed by atoms with Crippen molar-refractivity contribution >= 4 is 22.7 Å². The fourth-order valence-corrected chi connectivity index (χ4v) is 6.96. The second kappa shape index (κ2) is 11.6. The topological polar surface area (TPSA) is 47.5 Å². The highest BCUT2D eigenvalue weighted by atomic mass is 32.1. The third-order valence-electron chi connectivity index (χ3n) is 7.67. The van der Waals surface area contributed by atoms with Gasteiger partial charge in [-0.25, -0.2) is 9.97 Å².